The maximum Gasteiger partial charge on any atom is 0.313 e. The van der Waals surface area contributed by atoms with Crippen molar-refractivity contribution in [3.63, 3.8) is 0 Å². The van der Waals surface area contributed by atoms with Gasteiger partial charge in [0, 0.05) is 6.04 Å². The van der Waals surface area contributed by atoms with Crippen molar-refractivity contribution in [1.29, 1.82) is 0 Å². The van der Waals surface area contributed by atoms with Gasteiger partial charge >= 0.3 is 5.97 Å². The zero-order chi connectivity index (χ0) is 11.6. The van der Waals surface area contributed by atoms with Crippen molar-refractivity contribution in [3.05, 3.63) is 35.9 Å². The molecule has 1 saturated heterocycles. The largest absolute Gasteiger partial charge is 0.469 e. The molecule has 3 heteroatoms. The molecule has 1 aromatic rings. The van der Waals surface area contributed by atoms with Gasteiger partial charge in [0.1, 0.15) is 0 Å². The van der Waals surface area contributed by atoms with Crippen LogP contribution in [0.1, 0.15) is 24.9 Å². The third-order valence-electron chi connectivity index (χ3n) is 3.41. The molecule has 2 unspecified atom stereocenters. The van der Waals surface area contributed by atoms with E-state index in [4.69, 9.17) is 4.74 Å². The molecule has 2 atom stereocenters. The summed E-state index contributed by atoms with van der Waals surface area (Å²) in [5.41, 5.74) is 0.698. The lowest BCUT2D eigenvalue weighted by Crippen LogP contribution is -2.34. The van der Waals surface area contributed by atoms with Crippen molar-refractivity contribution in [1.82, 2.24) is 5.32 Å². The van der Waals surface area contributed by atoms with E-state index in [0.29, 0.717) is 0 Å². The van der Waals surface area contributed by atoms with E-state index in [-0.39, 0.29) is 12.0 Å². The second kappa shape index (κ2) is 4.26. The monoisotopic (exact) mass is 219 g/mol. The summed E-state index contributed by atoms with van der Waals surface area (Å²) >= 11 is 0. The summed E-state index contributed by atoms with van der Waals surface area (Å²) in [6.45, 7) is 2.82. The predicted molar refractivity (Wildman–Crippen MR) is 61.9 cm³/mol. The number of carbonyl (C=O) groups excluding carboxylic acids is 1. The van der Waals surface area contributed by atoms with Crippen molar-refractivity contribution in [2.24, 2.45) is 5.41 Å². The highest BCUT2D eigenvalue weighted by atomic mass is 16.5. The van der Waals surface area contributed by atoms with Crippen LogP contribution in [0.5, 0.6) is 0 Å². The van der Waals surface area contributed by atoms with E-state index in [1.165, 1.54) is 7.11 Å². The Bertz CT molecular complexity index is 377. The number of hydrogen-bond donors (Lipinski definition) is 1. The average Bonchev–Trinajstić information content (AvgIpc) is 2.72. The maximum atomic E-state index is 11.9. The van der Waals surface area contributed by atoms with Crippen LogP contribution in [-0.2, 0) is 9.53 Å². The Morgan fingerprint density at radius 1 is 1.44 bits per heavy atom. The zero-order valence-electron chi connectivity index (χ0n) is 9.69. The van der Waals surface area contributed by atoms with Crippen LogP contribution in [0.25, 0.3) is 0 Å². The Labute approximate surface area is 95.8 Å². The van der Waals surface area contributed by atoms with Crippen LogP contribution in [0.4, 0.5) is 0 Å². The number of ether oxygens (including phenoxy) is 1. The van der Waals surface area contributed by atoms with Crippen LogP contribution in [-0.4, -0.2) is 19.6 Å². The maximum absolute atomic E-state index is 11.9. The Balaban J connectivity index is 2.31. The number of nitrogens with one attached hydrogen (secondary N) is 1. The Kier molecular flexibility index (Phi) is 2.97. The van der Waals surface area contributed by atoms with Gasteiger partial charge in [0.2, 0.25) is 0 Å². The molecule has 0 saturated carbocycles. The SMILES string of the molecule is COC(=O)C1(C)CCNC1c1ccccc1. The van der Waals surface area contributed by atoms with Gasteiger partial charge in [-0.1, -0.05) is 30.3 Å². The smallest absolute Gasteiger partial charge is 0.313 e. The van der Waals surface area contributed by atoms with Crippen molar-refractivity contribution in [2.75, 3.05) is 13.7 Å². The molecule has 1 aliphatic heterocycles. The van der Waals surface area contributed by atoms with Gasteiger partial charge < -0.3 is 10.1 Å². The van der Waals surface area contributed by atoms with Gasteiger partial charge in [-0.3, -0.25) is 4.79 Å². The van der Waals surface area contributed by atoms with Gasteiger partial charge in [-0.2, -0.15) is 0 Å². The molecule has 2 rings (SSSR count). The van der Waals surface area contributed by atoms with Gasteiger partial charge in [-0.25, -0.2) is 0 Å². The molecule has 0 amide bonds. The van der Waals surface area contributed by atoms with E-state index in [1.807, 2.05) is 37.3 Å². The Morgan fingerprint density at radius 2 is 2.12 bits per heavy atom. The van der Waals surface area contributed by atoms with Crippen LogP contribution < -0.4 is 5.32 Å². The number of esters is 1. The van der Waals surface area contributed by atoms with Crippen LogP contribution in [0, 0.1) is 5.41 Å². The third-order valence-corrected chi connectivity index (χ3v) is 3.41. The summed E-state index contributed by atoms with van der Waals surface area (Å²) in [5.74, 6) is -0.133. The molecule has 1 aliphatic rings. The summed E-state index contributed by atoms with van der Waals surface area (Å²) < 4.78 is 4.91. The van der Waals surface area contributed by atoms with Crippen molar-refractivity contribution >= 4 is 5.97 Å². The van der Waals surface area contributed by atoms with Crippen molar-refractivity contribution in [2.45, 2.75) is 19.4 Å². The fourth-order valence-electron chi connectivity index (χ4n) is 2.43. The second-order valence-corrected chi connectivity index (χ2v) is 4.46. The minimum atomic E-state index is -0.448. The van der Waals surface area contributed by atoms with Gasteiger partial charge in [-0.05, 0) is 25.5 Å². The van der Waals surface area contributed by atoms with E-state index in [0.717, 1.165) is 18.5 Å². The molecule has 16 heavy (non-hydrogen) atoms. The number of rotatable bonds is 2. The van der Waals surface area contributed by atoms with Crippen LogP contribution in [0.2, 0.25) is 0 Å². The first kappa shape index (κ1) is 11.1. The molecule has 1 N–H and O–H groups in total. The number of methoxy groups -OCH3 is 1. The summed E-state index contributed by atoms with van der Waals surface area (Å²) in [6.07, 6.45) is 0.819. The topological polar surface area (TPSA) is 38.3 Å². The first-order valence-corrected chi connectivity index (χ1v) is 5.55. The van der Waals surface area contributed by atoms with E-state index in [1.54, 1.807) is 0 Å². The Hall–Kier alpha value is -1.35. The van der Waals surface area contributed by atoms with E-state index >= 15 is 0 Å². The molecule has 1 aromatic carbocycles. The minimum Gasteiger partial charge on any atom is -0.469 e. The van der Waals surface area contributed by atoms with Crippen LogP contribution >= 0.6 is 0 Å². The zero-order valence-corrected chi connectivity index (χ0v) is 9.69. The predicted octanol–water partition coefficient (Wildman–Crippen LogP) is 1.90. The van der Waals surface area contributed by atoms with Crippen molar-refractivity contribution < 1.29 is 9.53 Å². The molecule has 1 fully saturated rings. The van der Waals surface area contributed by atoms with Gasteiger partial charge in [-0.15, -0.1) is 0 Å². The van der Waals surface area contributed by atoms with E-state index in [9.17, 15) is 4.79 Å². The van der Waals surface area contributed by atoms with E-state index in [2.05, 4.69) is 5.32 Å². The number of benzene rings is 1. The molecule has 1 heterocycles. The molecule has 0 aliphatic carbocycles. The lowest BCUT2D eigenvalue weighted by atomic mass is 9.79. The van der Waals surface area contributed by atoms with Gasteiger partial charge in [0.05, 0.1) is 12.5 Å². The third kappa shape index (κ3) is 1.71. The summed E-state index contributed by atoms with van der Waals surface area (Å²) in [7, 11) is 1.45. The fourth-order valence-corrected chi connectivity index (χ4v) is 2.43. The normalized spacial score (nSPS) is 29.0. The summed E-state index contributed by atoms with van der Waals surface area (Å²) in [4.78, 5) is 11.9. The highest BCUT2D eigenvalue weighted by Crippen LogP contribution is 2.41. The first-order valence-electron chi connectivity index (χ1n) is 5.55. The van der Waals surface area contributed by atoms with Crippen molar-refractivity contribution in [3.8, 4) is 0 Å². The van der Waals surface area contributed by atoms with Crippen LogP contribution in [0.15, 0.2) is 30.3 Å². The quantitative estimate of drug-likeness (QED) is 0.772. The van der Waals surface area contributed by atoms with E-state index < -0.39 is 5.41 Å². The highest BCUT2D eigenvalue weighted by molar-refractivity contribution is 5.78. The molecular weight excluding hydrogens is 202 g/mol. The van der Waals surface area contributed by atoms with Crippen LogP contribution in [0.3, 0.4) is 0 Å². The summed E-state index contributed by atoms with van der Waals surface area (Å²) in [5, 5.41) is 3.38. The standard InChI is InChI=1S/C13H17NO2/c1-13(12(15)16-2)8-9-14-11(13)10-6-4-3-5-7-10/h3-7,11,14H,8-9H2,1-2H3. The second-order valence-electron chi connectivity index (χ2n) is 4.46. The van der Waals surface area contributed by atoms with Gasteiger partial charge in [0.15, 0.2) is 0 Å². The number of carbonyl (C=O) groups is 1. The summed E-state index contributed by atoms with van der Waals surface area (Å²) in [6, 6.07) is 10.1. The molecular formula is C13H17NO2. The lowest BCUT2D eigenvalue weighted by Gasteiger charge is -2.28. The molecule has 0 radical (unpaired) electrons. The Morgan fingerprint density at radius 3 is 2.75 bits per heavy atom. The average molecular weight is 219 g/mol. The van der Waals surface area contributed by atoms with Gasteiger partial charge in [0.25, 0.3) is 0 Å². The molecule has 0 aromatic heterocycles. The fraction of sp³-hybridized carbons (Fsp3) is 0.462. The molecule has 86 valence electrons. The minimum absolute atomic E-state index is 0.0566. The number of hydrogen-bond acceptors (Lipinski definition) is 3. The molecule has 0 spiro atoms. The molecule has 0 bridgehead atoms. The molecule has 3 nitrogen and oxygen atoms in total. The lowest BCUT2D eigenvalue weighted by molar-refractivity contribution is -0.152. The highest BCUT2D eigenvalue weighted by Gasteiger charge is 2.46. The first-order chi connectivity index (χ1) is 7.68.